The van der Waals surface area contributed by atoms with Crippen molar-refractivity contribution in [1.29, 1.82) is 0 Å². The minimum absolute atomic E-state index is 0.0157. The van der Waals surface area contributed by atoms with Crippen LogP contribution in [0.5, 0.6) is 0 Å². The van der Waals surface area contributed by atoms with Crippen LogP contribution < -0.4 is 5.32 Å². The van der Waals surface area contributed by atoms with Crippen molar-refractivity contribution in [3.05, 3.63) is 0 Å². The Bertz CT molecular complexity index is 391. The van der Waals surface area contributed by atoms with Crippen LogP contribution in [0.25, 0.3) is 0 Å². The summed E-state index contributed by atoms with van der Waals surface area (Å²) in [5.74, 6) is 0.276. The monoisotopic (exact) mass is 296 g/mol. The third kappa shape index (κ3) is 3.07. The molecule has 2 unspecified atom stereocenters. The molecule has 0 bridgehead atoms. The molecule has 21 heavy (non-hydrogen) atoms. The van der Waals surface area contributed by atoms with E-state index in [1.807, 2.05) is 6.92 Å². The summed E-state index contributed by atoms with van der Waals surface area (Å²) < 4.78 is 5.14. The van der Waals surface area contributed by atoms with Gasteiger partial charge in [-0.2, -0.15) is 0 Å². The SMILES string of the molecule is CCC(C)C1C(=O)NC2(CCCCC2)C(=O)N1CCOC. The first-order valence-corrected chi connectivity index (χ1v) is 8.18. The second kappa shape index (κ2) is 6.77. The lowest BCUT2D eigenvalue weighted by molar-refractivity contribution is -0.159. The van der Waals surface area contributed by atoms with Crippen molar-refractivity contribution in [3.8, 4) is 0 Å². The fourth-order valence-electron chi connectivity index (χ4n) is 3.62. The predicted molar refractivity (Wildman–Crippen MR) is 80.8 cm³/mol. The normalized spacial score (nSPS) is 26.8. The summed E-state index contributed by atoms with van der Waals surface area (Å²) in [4.78, 5) is 27.5. The minimum atomic E-state index is -0.646. The van der Waals surface area contributed by atoms with E-state index in [0.29, 0.717) is 13.2 Å². The molecule has 1 saturated carbocycles. The third-order valence-corrected chi connectivity index (χ3v) is 5.06. The van der Waals surface area contributed by atoms with Crippen LogP contribution in [0.15, 0.2) is 0 Å². The van der Waals surface area contributed by atoms with Gasteiger partial charge >= 0.3 is 0 Å². The summed E-state index contributed by atoms with van der Waals surface area (Å²) >= 11 is 0. The van der Waals surface area contributed by atoms with Gasteiger partial charge in [0.15, 0.2) is 0 Å². The maximum Gasteiger partial charge on any atom is 0.249 e. The van der Waals surface area contributed by atoms with Gasteiger partial charge in [-0.1, -0.05) is 39.5 Å². The number of rotatable bonds is 5. The molecule has 1 saturated heterocycles. The van der Waals surface area contributed by atoms with E-state index in [-0.39, 0.29) is 23.8 Å². The van der Waals surface area contributed by atoms with Gasteiger partial charge in [0, 0.05) is 13.7 Å². The highest BCUT2D eigenvalue weighted by atomic mass is 16.5. The zero-order valence-electron chi connectivity index (χ0n) is 13.5. The van der Waals surface area contributed by atoms with E-state index in [2.05, 4.69) is 12.2 Å². The third-order valence-electron chi connectivity index (χ3n) is 5.06. The van der Waals surface area contributed by atoms with Crippen LogP contribution in [0.2, 0.25) is 0 Å². The van der Waals surface area contributed by atoms with E-state index >= 15 is 0 Å². The first-order valence-electron chi connectivity index (χ1n) is 8.18. The Balaban J connectivity index is 2.26. The Morgan fingerprint density at radius 1 is 1.33 bits per heavy atom. The molecule has 2 rings (SSSR count). The van der Waals surface area contributed by atoms with Crippen LogP contribution >= 0.6 is 0 Å². The van der Waals surface area contributed by atoms with Crippen LogP contribution in [0, 0.1) is 5.92 Å². The van der Waals surface area contributed by atoms with E-state index in [1.165, 1.54) is 0 Å². The largest absolute Gasteiger partial charge is 0.383 e. The van der Waals surface area contributed by atoms with Crippen molar-refractivity contribution in [2.24, 2.45) is 5.92 Å². The zero-order valence-corrected chi connectivity index (χ0v) is 13.5. The average molecular weight is 296 g/mol. The first kappa shape index (κ1) is 16.3. The van der Waals surface area contributed by atoms with Crippen LogP contribution in [0.3, 0.4) is 0 Å². The van der Waals surface area contributed by atoms with Gasteiger partial charge < -0.3 is 15.0 Å². The molecular formula is C16H28N2O3. The molecule has 1 spiro atoms. The fraction of sp³-hybridized carbons (Fsp3) is 0.875. The van der Waals surface area contributed by atoms with E-state index in [9.17, 15) is 9.59 Å². The van der Waals surface area contributed by atoms with Crippen molar-refractivity contribution >= 4 is 11.8 Å². The summed E-state index contributed by atoms with van der Waals surface area (Å²) in [6.45, 7) is 5.07. The zero-order chi connectivity index (χ0) is 15.5. The highest BCUT2D eigenvalue weighted by Gasteiger charge is 2.51. The highest BCUT2D eigenvalue weighted by molar-refractivity contribution is 6.00. The Labute approximate surface area is 127 Å². The number of hydrogen-bond donors (Lipinski definition) is 1. The van der Waals surface area contributed by atoms with Crippen LogP contribution in [-0.2, 0) is 14.3 Å². The highest BCUT2D eigenvalue weighted by Crippen LogP contribution is 2.34. The number of carbonyl (C=O) groups is 2. The molecule has 5 nitrogen and oxygen atoms in total. The Morgan fingerprint density at radius 3 is 2.57 bits per heavy atom. The summed E-state index contributed by atoms with van der Waals surface area (Å²) in [6.07, 6.45) is 5.60. The number of methoxy groups -OCH3 is 1. The van der Waals surface area contributed by atoms with Crippen LogP contribution in [0.4, 0.5) is 0 Å². The summed E-state index contributed by atoms with van der Waals surface area (Å²) in [5.41, 5.74) is -0.646. The topological polar surface area (TPSA) is 58.6 Å². The smallest absolute Gasteiger partial charge is 0.249 e. The van der Waals surface area contributed by atoms with Gasteiger partial charge in [-0.25, -0.2) is 0 Å². The Hall–Kier alpha value is -1.10. The molecule has 5 heteroatoms. The molecule has 1 aliphatic carbocycles. The Kier molecular flexibility index (Phi) is 5.25. The van der Waals surface area contributed by atoms with Gasteiger partial charge in [-0.15, -0.1) is 0 Å². The van der Waals surface area contributed by atoms with Gasteiger partial charge in [0.05, 0.1) is 6.61 Å². The molecule has 1 N–H and O–H groups in total. The quantitative estimate of drug-likeness (QED) is 0.840. The van der Waals surface area contributed by atoms with Gasteiger partial charge in [-0.3, -0.25) is 9.59 Å². The van der Waals surface area contributed by atoms with Gasteiger partial charge in [0.1, 0.15) is 11.6 Å². The molecule has 0 aromatic rings. The van der Waals surface area contributed by atoms with E-state index in [4.69, 9.17) is 4.74 Å². The molecule has 0 radical (unpaired) electrons. The Morgan fingerprint density at radius 2 is 2.00 bits per heavy atom. The second-order valence-corrected chi connectivity index (χ2v) is 6.45. The van der Waals surface area contributed by atoms with Gasteiger partial charge in [0.2, 0.25) is 11.8 Å². The maximum absolute atomic E-state index is 13.0. The predicted octanol–water partition coefficient (Wildman–Crippen LogP) is 1.71. The molecule has 120 valence electrons. The second-order valence-electron chi connectivity index (χ2n) is 6.45. The molecular weight excluding hydrogens is 268 g/mol. The van der Waals surface area contributed by atoms with E-state index < -0.39 is 5.54 Å². The number of amides is 2. The average Bonchev–Trinajstić information content (AvgIpc) is 2.49. The molecule has 2 aliphatic rings. The molecule has 2 amide bonds. The first-order chi connectivity index (χ1) is 10.1. The lowest BCUT2D eigenvalue weighted by atomic mass is 9.77. The fourth-order valence-corrected chi connectivity index (χ4v) is 3.62. The standard InChI is InChI=1S/C16H28N2O3/c1-4-12(2)13-14(19)17-16(8-6-5-7-9-16)15(20)18(13)10-11-21-3/h12-13H,4-11H2,1-3H3,(H,17,19). The number of carbonyl (C=O) groups excluding carboxylic acids is 2. The van der Waals surface area contributed by atoms with Crippen LogP contribution in [0.1, 0.15) is 52.4 Å². The van der Waals surface area contributed by atoms with E-state index in [0.717, 1.165) is 38.5 Å². The van der Waals surface area contributed by atoms with Crippen molar-refractivity contribution in [2.45, 2.75) is 64.0 Å². The minimum Gasteiger partial charge on any atom is -0.383 e. The molecule has 2 atom stereocenters. The van der Waals surface area contributed by atoms with Crippen molar-refractivity contribution < 1.29 is 14.3 Å². The molecule has 0 aromatic heterocycles. The summed E-state index contributed by atoms with van der Waals surface area (Å²) in [5, 5.41) is 3.08. The van der Waals surface area contributed by atoms with Gasteiger partial charge in [-0.05, 0) is 18.8 Å². The summed E-state index contributed by atoms with van der Waals surface area (Å²) in [7, 11) is 1.63. The van der Waals surface area contributed by atoms with Crippen LogP contribution in [-0.4, -0.2) is 48.6 Å². The lowest BCUT2D eigenvalue weighted by Gasteiger charge is -2.49. The van der Waals surface area contributed by atoms with Crippen molar-refractivity contribution in [3.63, 3.8) is 0 Å². The molecule has 2 fully saturated rings. The molecule has 0 aromatic carbocycles. The van der Waals surface area contributed by atoms with Gasteiger partial charge in [0.25, 0.3) is 0 Å². The van der Waals surface area contributed by atoms with E-state index in [1.54, 1.807) is 12.0 Å². The lowest BCUT2D eigenvalue weighted by Crippen LogP contribution is -2.72. The van der Waals surface area contributed by atoms with Crippen molar-refractivity contribution in [2.75, 3.05) is 20.3 Å². The number of nitrogens with zero attached hydrogens (tertiary/aromatic N) is 1. The number of hydrogen-bond acceptors (Lipinski definition) is 3. The number of nitrogens with one attached hydrogen (secondary N) is 1. The number of piperazine rings is 1. The number of ether oxygens (including phenoxy) is 1. The molecule has 1 aliphatic heterocycles. The molecule has 1 heterocycles. The van der Waals surface area contributed by atoms with Crippen molar-refractivity contribution in [1.82, 2.24) is 10.2 Å². The maximum atomic E-state index is 13.0. The summed E-state index contributed by atoms with van der Waals surface area (Å²) in [6, 6.07) is -0.356.